The van der Waals surface area contributed by atoms with Gasteiger partial charge in [0.2, 0.25) is 11.8 Å². The highest BCUT2D eigenvalue weighted by Crippen LogP contribution is 2.12. The number of carbonyl (C=O) groups excluding carboxylic acids is 3. The van der Waals surface area contributed by atoms with Gasteiger partial charge < -0.3 is 4.90 Å². The lowest BCUT2D eigenvalue weighted by atomic mass is 10.1. The number of hydrogen-bond donors (Lipinski definition) is 1. The maximum atomic E-state index is 13.1. The fraction of sp³-hybridized carbons (Fsp3) is 0.250. The number of hydrogen-bond acceptors (Lipinski definition) is 3. The minimum Gasteiger partial charge on any atom is -0.320 e. The topological polar surface area (TPSA) is 66.5 Å². The average Bonchev–Trinajstić information content (AvgIpc) is 2.30. The molecule has 0 aliphatic carbocycles. The van der Waals surface area contributed by atoms with Crippen molar-refractivity contribution in [2.45, 2.75) is 6.92 Å². The van der Waals surface area contributed by atoms with Gasteiger partial charge in [-0.2, -0.15) is 0 Å². The zero-order valence-electron chi connectivity index (χ0n) is 9.70. The second kappa shape index (κ2) is 4.56. The number of halogens is 1. The van der Waals surface area contributed by atoms with E-state index in [0.29, 0.717) is 5.56 Å². The zero-order chi connectivity index (χ0) is 13.3. The van der Waals surface area contributed by atoms with Gasteiger partial charge in [0.05, 0.1) is 0 Å². The Hall–Kier alpha value is -2.24. The lowest BCUT2D eigenvalue weighted by molar-refractivity contribution is -0.135. The molecule has 1 N–H and O–H groups in total. The van der Waals surface area contributed by atoms with E-state index in [1.165, 1.54) is 18.2 Å². The first-order chi connectivity index (χ1) is 8.47. The molecule has 0 spiro atoms. The van der Waals surface area contributed by atoms with Crippen LogP contribution in [-0.2, 0) is 9.59 Å². The van der Waals surface area contributed by atoms with E-state index in [9.17, 15) is 18.8 Å². The Bertz CT molecular complexity index is 526. The molecule has 0 unspecified atom stereocenters. The van der Waals surface area contributed by atoms with Crippen LogP contribution in [0.1, 0.15) is 15.9 Å². The molecular weight excluding hydrogens is 239 g/mol. The molecule has 1 aromatic rings. The monoisotopic (exact) mass is 250 g/mol. The fourth-order valence-corrected chi connectivity index (χ4v) is 1.74. The molecule has 6 heteroatoms. The van der Waals surface area contributed by atoms with Crippen LogP contribution in [0.15, 0.2) is 18.2 Å². The fourth-order valence-electron chi connectivity index (χ4n) is 1.74. The predicted octanol–water partition coefficient (Wildman–Crippen LogP) is 0.233. The molecule has 1 aliphatic rings. The van der Waals surface area contributed by atoms with Gasteiger partial charge in [-0.25, -0.2) is 4.39 Å². The normalized spacial score (nSPS) is 15.6. The highest BCUT2D eigenvalue weighted by Gasteiger charge is 2.27. The molecule has 0 aromatic heterocycles. The Morgan fingerprint density at radius 1 is 1.28 bits per heavy atom. The van der Waals surface area contributed by atoms with Gasteiger partial charge in [-0.05, 0) is 30.7 Å². The molecule has 1 fully saturated rings. The van der Waals surface area contributed by atoms with E-state index in [-0.39, 0.29) is 18.7 Å². The molecular formula is C12H11FN2O3. The molecule has 0 saturated carbocycles. The van der Waals surface area contributed by atoms with E-state index < -0.39 is 23.5 Å². The van der Waals surface area contributed by atoms with Crippen molar-refractivity contribution in [2.75, 3.05) is 13.1 Å². The summed E-state index contributed by atoms with van der Waals surface area (Å²) in [5.41, 5.74) is 0.602. The van der Waals surface area contributed by atoms with E-state index >= 15 is 0 Å². The number of carbonyl (C=O) groups is 3. The minimum absolute atomic E-state index is 0.166. The third-order valence-electron chi connectivity index (χ3n) is 2.64. The molecule has 3 amide bonds. The number of rotatable bonds is 1. The molecule has 94 valence electrons. The number of nitrogens with one attached hydrogen (secondary N) is 1. The van der Waals surface area contributed by atoms with Gasteiger partial charge in [-0.15, -0.1) is 0 Å². The number of imide groups is 1. The highest BCUT2D eigenvalue weighted by atomic mass is 19.1. The number of piperazine rings is 1. The quantitative estimate of drug-likeness (QED) is 0.726. The van der Waals surface area contributed by atoms with E-state index in [1.54, 1.807) is 6.92 Å². The summed E-state index contributed by atoms with van der Waals surface area (Å²) in [7, 11) is 0. The molecule has 1 saturated heterocycles. The summed E-state index contributed by atoms with van der Waals surface area (Å²) in [4.78, 5) is 35.5. The molecule has 0 atom stereocenters. The van der Waals surface area contributed by atoms with Gasteiger partial charge >= 0.3 is 0 Å². The van der Waals surface area contributed by atoms with E-state index in [0.717, 1.165) is 4.90 Å². The Morgan fingerprint density at radius 3 is 2.44 bits per heavy atom. The summed E-state index contributed by atoms with van der Waals surface area (Å²) in [6.07, 6.45) is 0. The van der Waals surface area contributed by atoms with Crippen molar-refractivity contribution in [3.05, 3.63) is 35.1 Å². The average molecular weight is 250 g/mol. The number of nitrogens with zero attached hydrogens (tertiary/aromatic N) is 1. The lowest BCUT2D eigenvalue weighted by Gasteiger charge is -2.25. The first-order valence-electron chi connectivity index (χ1n) is 5.35. The Labute approximate surface area is 103 Å². The molecule has 1 heterocycles. The van der Waals surface area contributed by atoms with Gasteiger partial charge in [0.1, 0.15) is 18.9 Å². The molecule has 1 aliphatic heterocycles. The van der Waals surface area contributed by atoms with Gasteiger partial charge in [0.15, 0.2) is 0 Å². The molecule has 5 nitrogen and oxygen atoms in total. The standard InChI is InChI=1S/C12H11FN2O3/c1-7-4-8(2-3-9(7)13)12(18)15-5-10(16)14-11(17)6-15/h2-4H,5-6H2,1H3,(H,14,16,17). The van der Waals surface area contributed by atoms with Crippen molar-refractivity contribution < 1.29 is 18.8 Å². The van der Waals surface area contributed by atoms with Crippen molar-refractivity contribution in [3.8, 4) is 0 Å². The van der Waals surface area contributed by atoms with Crippen molar-refractivity contribution in [1.29, 1.82) is 0 Å². The SMILES string of the molecule is Cc1cc(C(=O)N2CC(=O)NC(=O)C2)ccc1F. The van der Waals surface area contributed by atoms with E-state index in [1.807, 2.05) is 0 Å². The van der Waals surface area contributed by atoms with E-state index in [4.69, 9.17) is 0 Å². The molecule has 0 radical (unpaired) electrons. The summed E-state index contributed by atoms with van der Waals surface area (Å²) in [5.74, 6) is -1.89. The van der Waals surface area contributed by atoms with Gasteiger partial charge in [-0.3, -0.25) is 19.7 Å². The molecule has 2 rings (SSSR count). The van der Waals surface area contributed by atoms with Crippen LogP contribution < -0.4 is 5.32 Å². The molecule has 0 bridgehead atoms. The predicted molar refractivity (Wildman–Crippen MR) is 60.2 cm³/mol. The Balaban J connectivity index is 2.22. The summed E-state index contributed by atoms with van der Waals surface area (Å²) in [5, 5.41) is 2.10. The van der Waals surface area contributed by atoms with Gasteiger partial charge in [-0.1, -0.05) is 0 Å². The number of benzene rings is 1. The molecule has 18 heavy (non-hydrogen) atoms. The van der Waals surface area contributed by atoms with Crippen molar-refractivity contribution in [2.24, 2.45) is 0 Å². The zero-order valence-corrected chi connectivity index (χ0v) is 9.70. The van der Waals surface area contributed by atoms with E-state index in [2.05, 4.69) is 5.32 Å². The maximum Gasteiger partial charge on any atom is 0.254 e. The summed E-state index contributed by atoms with van der Waals surface area (Å²) < 4.78 is 13.1. The van der Waals surface area contributed by atoms with Crippen LogP contribution in [0.25, 0.3) is 0 Å². The van der Waals surface area contributed by atoms with Gasteiger partial charge in [0.25, 0.3) is 5.91 Å². The lowest BCUT2D eigenvalue weighted by Crippen LogP contribution is -2.53. The second-order valence-corrected chi connectivity index (χ2v) is 4.10. The van der Waals surface area contributed by atoms with Crippen LogP contribution in [0.5, 0.6) is 0 Å². The number of aryl methyl sites for hydroxylation is 1. The van der Waals surface area contributed by atoms with Crippen LogP contribution in [0, 0.1) is 12.7 Å². The van der Waals surface area contributed by atoms with Crippen molar-refractivity contribution >= 4 is 17.7 Å². The summed E-state index contributed by atoms with van der Waals surface area (Å²) in [6, 6.07) is 3.92. The third kappa shape index (κ3) is 2.37. The smallest absolute Gasteiger partial charge is 0.254 e. The maximum absolute atomic E-state index is 13.1. The Kier molecular flexibility index (Phi) is 3.10. The van der Waals surface area contributed by atoms with Crippen LogP contribution >= 0.6 is 0 Å². The van der Waals surface area contributed by atoms with Crippen LogP contribution in [0.2, 0.25) is 0 Å². The first kappa shape index (κ1) is 12.2. The minimum atomic E-state index is -0.515. The Morgan fingerprint density at radius 2 is 1.89 bits per heavy atom. The first-order valence-corrected chi connectivity index (χ1v) is 5.35. The van der Waals surface area contributed by atoms with Crippen molar-refractivity contribution in [3.63, 3.8) is 0 Å². The molecule has 1 aromatic carbocycles. The highest BCUT2D eigenvalue weighted by molar-refractivity contribution is 6.05. The van der Waals surface area contributed by atoms with Crippen molar-refractivity contribution in [1.82, 2.24) is 10.2 Å². The summed E-state index contributed by atoms with van der Waals surface area (Å²) >= 11 is 0. The van der Waals surface area contributed by atoms with Crippen LogP contribution in [0.4, 0.5) is 4.39 Å². The summed E-state index contributed by atoms with van der Waals surface area (Å²) in [6.45, 7) is 1.21. The largest absolute Gasteiger partial charge is 0.320 e. The van der Waals surface area contributed by atoms with Crippen LogP contribution in [-0.4, -0.2) is 35.7 Å². The van der Waals surface area contributed by atoms with Crippen LogP contribution in [0.3, 0.4) is 0 Å². The van der Waals surface area contributed by atoms with Gasteiger partial charge in [0, 0.05) is 5.56 Å². The third-order valence-corrected chi connectivity index (χ3v) is 2.64. The number of amides is 3. The second-order valence-electron chi connectivity index (χ2n) is 4.10.